The number of fused-ring (bicyclic) bond motifs is 2. The van der Waals surface area contributed by atoms with E-state index in [0.29, 0.717) is 13.2 Å². The summed E-state index contributed by atoms with van der Waals surface area (Å²) in [7, 11) is 2.12. The van der Waals surface area contributed by atoms with Crippen molar-refractivity contribution in [2.45, 2.75) is 12.5 Å². The number of rotatable bonds is 2. The average molecular weight is 365 g/mol. The van der Waals surface area contributed by atoms with Crippen LogP contribution >= 0.6 is 0 Å². The van der Waals surface area contributed by atoms with Crippen LogP contribution < -0.4 is 4.90 Å². The first-order chi connectivity index (χ1) is 13.2. The number of benzene rings is 2. The molecule has 1 unspecified atom stereocenters. The van der Waals surface area contributed by atoms with Gasteiger partial charge in [0.25, 0.3) is 0 Å². The Labute approximate surface area is 158 Å². The van der Waals surface area contributed by atoms with Gasteiger partial charge >= 0.3 is 0 Å². The summed E-state index contributed by atoms with van der Waals surface area (Å²) >= 11 is 0. The van der Waals surface area contributed by atoms with Gasteiger partial charge in [0.2, 0.25) is 0 Å². The van der Waals surface area contributed by atoms with Crippen molar-refractivity contribution in [2.24, 2.45) is 0 Å². The fraction of sp³-hybridized carbons (Fsp3) is 0.364. The lowest BCUT2D eigenvalue weighted by Gasteiger charge is -2.35. The Balaban J connectivity index is 1.57. The summed E-state index contributed by atoms with van der Waals surface area (Å²) in [5, 5.41) is 1.17. The van der Waals surface area contributed by atoms with Crippen molar-refractivity contribution in [1.29, 1.82) is 0 Å². The van der Waals surface area contributed by atoms with E-state index in [0.717, 1.165) is 48.5 Å². The minimum absolute atomic E-state index is 0.0526. The van der Waals surface area contributed by atoms with Crippen LogP contribution in [0.3, 0.4) is 0 Å². The van der Waals surface area contributed by atoms with Crippen LogP contribution in [0, 0.1) is 5.82 Å². The smallest absolute Gasteiger partial charge is 0.129 e. The standard InChI is InChI=1S/C22H24FN3O/c1-25-13-17-11-18(26-6-8-27-9-7-26)12-20(23)22(17)19(14-25)15-2-3-21-16(10-15)4-5-24-21/h2-5,10-12,19,24H,6-9,13-14H2,1H3. The Morgan fingerprint density at radius 3 is 2.81 bits per heavy atom. The molecule has 27 heavy (non-hydrogen) atoms. The molecule has 1 atom stereocenters. The highest BCUT2D eigenvalue weighted by Crippen LogP contribution is 2.38. The highest BCUT2D eigenvalue weighted by Gasteiger charge is 2.29. The van der Waals surface area contributed by atoms with Gasteiger partial charge in [-0.3, -0.25) is 0 Å². The van der Waals surface area contributed by atoms with Gasteiger partial charge < -0.3 is 19.5 Å². The molecule has 1 saturated heterocycles. The lowest BCUT2D eigenvalue weighted by atomic mass is 9.83. The molecule has 0 radical (unpaired) electrons. The first-order valence-corrected chi connectivity index (χ1v) is 9.59. The maximum Gasteiger partial charge on any atom is 0.129 e. The number of hydrogen-bond acceptors (Lipinski definition) is 3. The summed E-state index contributed by atoms with van der Waals surface area (Å²) in [6.07, 6.45) is 1.95. The second-order valence-electron chi connectivity index (χ2n) is 7.67. The van der Waals surface area contributed by atoms with Crippen LogP contribution in [0.2, 0.25) is 0 Å². The zero-order valence-electron chi connectivity index (χ0n) is 15.5. The molecule has 5 heteroatoms. The van der Waals surface area contributed by atoms with E-state index in [1.54, 1.807) is 6.07 Å². The predicted molar refractivity (Wildman–Crippen MR) is 106 cm³/mol. The van der Waals surface area contributed by atoms with E-state index in [9.17, 15) is 0 Å². The molecule has 0 aliphatic carbocycles. The van der Waals surface area contributed by atoms with Gasteiger partial charge in [-0.25, -0.2) is 4.39 Å². The number of likely N-dealkylation sites (N-methyl/N-ethyl adjacent to an activating group) is 1. The fourth-order valence-corrected chi connectivity index (χ4v) is 4.50. The summed E-state index contributed by atoms with van der Waals surface area (Å²) in [4.78, 5) is 7.75. The molecule has 140 valence electrons. The number of halogens is 1. The Morgan fingerprint density at radius 2 is 1.96 bits per heavy atom. The van der Waals surface area contributed by atoms with E-state index in [2.05, 4.69) is 52.2 Å². The van der Waals surface area contributed by atoms with E-state index in [1.165, 1.54) is 10.9 Å². The maximum atomic E-state index is 15.3. The molecule has 0 spiro atoms. The molecule has 5 rings (SSSR count). The first kappa shape index (κ1) is 16.8. The van der Waals surface area contributed by atoms with E-state index in [1.807, 2.05) is 6.20 Å². The first-order valence-electron chi connectivity index (χ1n) is 9.59. The molecule has 2 aliphatic rings. The third-order valence-corrected chi connectivity index (χ3v) is 5.84. The third-order valence-electron chi connectivity index (χ3n) is 5.84. The molecule has 3 heterocycles. The van der Waals surface area contributed by atoms with Crippen LogP contribution in [0.5, 0.6) is 0 Å². The number of nitrogens with one attached hydrogen (secondary N) is 1. The molecule has 1 aromatic heterocycles. The van der Waals surface area contributed by atoms with E-state index in [-0.39, 0.29) is 11.7 Å². The van der Waals surface area contributed by atoms with Gasteiger partial charge in [-0.2, -0.15) is 0 Å². The number of morpholine rings is 1. The number of aromatic amines is 1. The molecule has 2 aromatic carbocycles. The largest absolute Gasteiger partial charge is 0.378 e. The average Bonchev–Trinajstić information content (AvgIpc) is 3.15. The van der Waals surface area contributed by atoms with Crippen LogP contribution in [0.15, 0.2) is 42.6 Å². The number of anilines is 1. The minimum Gasteiger partial charge on any atom is -0.378 e. The topological polar surface area (TPSA) is 31.5 Å². The van der Waals surface area contributed by atoms with E-state index < -0.39 is 0 Å². The van der Waals surface area contributed by atoms with Gasteiger partial charge in [0, 0.05) is 55.1 Å². The van der Waals surface area contributed by atoms with Crippen LogP contribution in [0.1, 0.15) is 22.6 Å². The summed E-state index contributed by atoms with van der Waals surface area (Å²) < 4.78 is 20.8. The molecular weight excluding hydrogens is 341 g/mol. The van der Waals surface area contributed by atoms with Crippen LogP contribution in [-0.2, 0) is 11.3 Å². The number of hydrogen-bond donors (Lipinski definition) is 1. The summed E-state index contributed by atoms with van der Waals surface area (Å²) in [6.45, 7) is 4.67. The third kappa shape index (κ3) is 3.01. The van der Waals surface area contributed by atoms with Crippen LogP contribution in [-0.4, -0.2) is 49.8 Å². The number of H-pyrrole nitrogens is 1. The zero-order chi connectivity index (χ0) is 18.4. The molecule has 2 aliphatic heterocycles. The van der Waals surface area contributed by atoms with Crippen molar-refractivity contribution in [3.63, 3.8) is 0 Å². The van der Waals surface area contributed by atoms with Crippen molar-refractivity contribution in [3.8, 4) is 0 Å². The second-order valence-corrected chi connectivity index (χ2v) is 7.67. The maximum absolute atomic E-state index is 15.3. The Morgan fingerprint density at radius 1 is 1.11 bits per heavy atom. The minimum atomic E-state index is -0.0822. The lowest BCUT2D eigenvalue weighted by Crippen LogP contribution is -2.37. The van der Waals surface area contributed by atoms with Crippen LogP contribution in [0.4, 0.5) is 10.1 Å². The van der Waals surface area contributed by atoms with Gasteiger partial charge in [-0.15, -0.1) is 0 Å². The Bertz CT molecular complexity index is 977. The molecule has 0 bridgehead atoms. The molecule has 0 amide bonds. The van der Waals surface area contributed by atoms with Crippen molar-refractivity contribution in [2.75, 3.05) is 44.8 Å². The predicted octanol–water partition coefficient (Wildman–Crippen LogP) is 3.72. The number of aromatic nitrogens is 1. The van der Waals surface area contributed by atoms with Crippen molar-refractivity contribution >= 4 is 16.6 Å². The Hall–Kier alpha value is -2.37. The fourth-order valence-electron chi connectivity index (χ4n) is 4.50. The summed E-state index contributed by atoms with van der Waals surface area (Å²) in [5.41, 5.74) is 5.23. The highest BCUT2D eigenvalue weighted by molar-refractivity contribution is 5.80. The summed E-state index contributed by atoms with van der Waals surface area (Å²) in [5.74, 6) is -0.0296. The van der Waals surface area contributed by atoms with Crippen molar-refractivity contribution < 1.29 is 9.13 Å². The molecule has 4 nitrogen and oxygen atoms in total. The van der Waals surface area contributed by atoms with Gasteiger partial charge in [0.15, 0.2) is 0 Å². The number of ether oxygens (including phenoxy) is 1. The molecular formula is C22H24FN3O. The van der Waals surface area contributed by atoms with Gasteiger partial charge in [0.05, 0.1) is 13.2 Å². The van der Waals surface area contributed by atoms with Crippen LogP contribution in [0.25, 0.3) is 10.9 Å². The highest BCUT2D eigenvalue weighted by atomic mass is 19.1. The zero-order valence-corrected chi connectivity index (χ0v) is 15.5. The van der Waals surface area contributed by atoms with Gasteiger partial charge in [0.1, 0.15) is 5.82 Å². The molecule has 1 N–H and O–H groups in total. The molecule has 3 aromatic rings. The SMILES string of the molecule is CN1Cc2cc(N3CCOCC3)cc(F)c2C(c2ccc3[nH]ccc3c2)C1. The monoisotopic (exact) mass is 365 g/mol. The van der Waals surface area contributed by atoms with Gasteiger partial charge in [-0.05, 0) is 53.9 Å². The van der Waals surface area contributed by atoms with Crippen molar-refractivity contribution in [3.05, 3.63) is 65.1 Å². The quantitative estimate of drug-likeness (QED) is 0.751. The second kappa shape index (κ2) is 6.66. The van der Waals surface area contributed by atoms with E-state index in [4.69, 9.17) is 4.74 Å². The Kier molecular flexibility index (Phi) is 4.14. The van der Waals surface area contributed by atoms with E-state index >= 15 is 4.39 Å². The molecule has 0 saturated carbocycles. The number of nitrogens with zero attached hydrogens (tertiary/aromatic N) is 2. The van der Waals surface area contributed by atoms with Gasteiger partial charge in [-0.1, -0.05) is 6.07 Å². The van der Waals surface area contributed by atoms with Crippen molar-refractivity contribution in [1.82, 2.24) is 9.88 Å². The lowest BCUT2D eigenvalue weighted by molar-refractivity contribution is 0.122. The normalized spacial score (nSPS) is 20.8. The summed E-state index contributed by atoms with van der Waals surface area (Å²) in [6, 6.07) is 12.4. The molecule has 1 fully saturated rings.